The molecule has 1 heterocycles. The molecular weight excluding hydrogens is 262 g/mol. The molecule has 0 spiro atoms. The van der Waals surface area contributed by atoms with Crippen LogP contribution in [0.25, 0.3) is 22.3 Å². The maximum atomic E-state index is 12.1. The van der Waals surface area contributed by atoms with Crippen molar-refractivity contribution in [1.82, 2.24) is 9.97 Å². The van der Waals surface area contributed by atoms with E-state index in [9.17, 15) is 4.79 Å². The topological polar surface area (TPSA) is 71.8 Å². The molecule has 2 aromatic carbocycles. The van der Waals surface area contributed by atoms with E-state index in [4.69, 9.17) is 17.3 Å². The Hall–Kier alpha value is -2.33. The van der Waals surface area contributed by atoms with E-state index in [0.29, 0.717) is 33.0 Å². The Morgan fingerprint density at radius 1 is 1.16 bits per heavy atom. The fraction of sp³-hybridized carbons (Fsp3) is 0. The second-order valence-electron chi connectivity index (χ2n) is 4.16. The monoisotopic (exact) mass is 271 g/mol. The van der Waals surface area contributed by atoms with Gasteiger partial charge in [-0.3, -0.25) is 4.79 Å². The minimum atomic E-state index is -0.285. The predicted octanol–water partition coefficient (Wildman–Crippen LogP) is 2.83. The van der Waals surface area contributed by atoms with Crippen molar-refractivity contribution in [1.29, 1.82) is 0 Å². The Labute approximate surface area is 113 Å². The summed E-state index contributed by atoms with van der Waals surface area (Å²) in [6.45, 7) is 0. The molecule has 0 unspecified atom stereocenters. The summed E-state index contributed by atoms with van der Waals surface area (Å²) in [7, 11) is 0. The summed E-state index contributed by atoms with van der Waals surface area (Å²) >= 11 is 5.88. The number of hydrogen-bond donors (Lipinski definition) is 2. The molecule has 94 valence electrons. The van der Waals surface area contributed by atoms with Crippen LogP contribution in [-0.2, 0) is 0 Å². The highest BCUT2D eigenvalue weighted by molar-refractivity contribution is 6.31. The summed E-state index contributed by atoms with van der Waals surface area (Å²) in [6, 6.07) is 12.3. The minimum absolute atomic E-state index is 0.285. The smallest absolute Gasteiger partial charge is 0.275 e. The Kier molecular flexibility index (Phi) is 2.72. The Bertz CT molecular complexity index is 826. The van der Waals surface area contributed by atoms with Crippen molar-refractivity contribution in [2.24, 2.45) is 0 Å². The van der Waals surface area contributed by atoms with E-state index in [1.54, 1.807) is 30.3 Å². The molecule has 1 aromatic heterocycles. The van der Waals surface area contributed by atoms with Crippen LogP contribution in [0.1, 0.15) is 0 Å². The minimum Gasteiger partial charge on any atom is -0.398 e. The first kappa shape index (κ1) is 11.7. The lowest BCUT2D eigenvalue weighted by Gasteiger charge is -2.05. The molecule has 0 saturated carbocycles. The summed E-state index contributed by atoms with van der Waals surface area (Å²) < 4.78 is 0. The van der Waals surface area contributed by atoms with Gasteiger partial charge in [0, 0.05) is 16.3 Å². The van der Waals surface area contributed by atoms with Crippen LogP contribution in [-0.4, -0.2) is 9.97 Å². The molecule has 3 aromatic rings. The summed E-state index contributed by atoms with van der Waals surface area (Å²) in [5, 5.41) is 0.553. The molecule has 3 N–H and O–H groups in total. The Morgan fingerprint density at radius 2 is 1.95 bits per heavy atom. The van der Waals surface area contributed by atoms with Crippen molar-refractivity contribution in [2.45, 2.75) is 0 Å². The fourth-order valence-electron chi connectivity index (χ4n) is 1.95. The zero-order chi connectivity index (χ0) is 13.4. The number of nitrogens with zero attached hydrogens (tertiary/aromatic N) is 1. The number of aromatic nitrogens is 2. The normalized spacial score (nSPS) is 10.8. The van der Waals surface area contributed by atoms with E-state index in [-0.39, 0.29) is 5.56 Å². The number of rotatable bonds is 1. The summed E-state index contributed by atoms with van der Waals surface area (Å²) in [4.78, 5) is 19.2. The summed E-state index contributed by atoms with van der Waals surface area (Å²) in [5.74, 6) is 0. The first-order valence-electron chi connectivity index (χ1n) is 5.69. The Morgan fingerprint density at radius 3 is 2.74 bits per heavy atom. The maximum absolute atomic E-state index is 12.1. The van der Waals surface area contributed by atoms with Crippen molar-refractivity contribution >= 4 is 28.3 Å². The number of hydrogen-bond acceptors (Lipinski definition) is 3. The van der Waals surface area contributed by atoms with Gasteiger partial charge in [0.15, 0.2) is 0 Å². The standard InChI is InChI=1S/C14H10ClN3O/c15-8-5-6-11-12(7-8)18-14(19)13(17-11)9-3-1-2-4-10(9)16/h1-7H,16H2,(H,18,19). The van der Waals surface area contributed by atoms with Crippen molar-refractivity contribution < 1.29 is 0 Å². The highest BCUT2D eigenvalue weighted by Gasteiger charge is 2.10. The maximum Gasteiger partial charge on any atom is 0.275 e. The number of nitrogens with one attached hydrogen (secondary N) is 1. The molecule has 0 saturated heterocycles. The molecule has 0 aliphatic carbocycles. The van der Waals surface area contributed by atoms with Gasteiger partial charge in [-0.25, -0.2) is 4.98 Å². The van der Waals surface area contributed by atoms with Gasteiger partial charge in [-0.05, 0) is 24.3 Å². The molecule has 0 aliphatic rings. The predicted molar refractivity (Wildman–Crippen MR) is 77.2 cm³/mol. The van der Waals surface area contributed by atoms with E-state index < -0.39 is 0 Å². The quantitative estimate of drug-likeness (QED) is 0.669. The van der Waals surface area contributed by atoms with Gasteiger partial charge in [0.1, 0.15) is 5.69 Å². The molecule has 4 nitrogen and oxygen atoms in total. The van der Waals surface area contributed by atoms with Gasteiger partial charge in [-0.1, -0.05) is 29.8 Å². The number of benzene rings is 2. The first-order valence-corrected chi connectivity index (χ1v) is 6.07. The van der Waals surface area contributed by atoms with Crippen molar-refractivity contribution in [3.63, 3.8) is 0 Å². The third kappa shape index (κ3) is 2.06. The molecule has 0 radical (unpaired) electrons. The van der Waals surface area contributed by atoms with E-state index in [1.165, 1.54) is 0 Å². The average Bonchev–Trinajstić information content (AvgIpc) is 2.39. The van der Waals surface area contributed by atoms with Gasteiger partial charge in [-0.2, -0.15) is 0 Å². The lowest BCUT2D eigenvalue weighted by molar-refractivity contribution is 1.22. The molecule has 3 rings (SSSR count). The lowest BCUT2D eigenvalue weighted by atomic mass is 10.1. The van der Waals surface area contributed by atoms with E-state index in [2.05, 4.69) is 9.97 Å². The van der Waals surface area contributed by atoms with Crippen molar-refractivity contribution in [3.05, 3.63) is 57.8 Å². The number of anilines is 1. The largest absolute Gasteiger partial charge is 0.398 e. The Balaban J connectivity index is 2.31. The number of nitrogen functional groups attached to an aromatic ring is 1. The van der Waals surface area contributed by atoms with Crippen LogP contribution in [0.5, 0.6) is 0 Å². The van der Waals surface area contributed by atoms with E-state index in [1.807, 2.05) is 12.1 Å². The van der Waals surface area contributed by atoms with Crippen LogP contribution in [0.2, 0.25) is 5.02 Å². The zero-order valence-electron chi connectivity index (χ0n) is 9.85. The van der Waals surface area contributed by atoms with Gasteiger partial charge in [-0.15, -0.1) is 0 Å². The third-order valence-corrected chi connectivity index (χ3v) is 3.11. The molecule has 5 heteroatoms. The van der Waals surface area contributed by atoms with Crippen molar-refractivity contribution in [3.8, 4) is 11.3 Å². The molecule has 19 heavy (non-hydrogen) atoms. The van der Waals surface area contributed by atoms with Crippen LogP contribution < -0.4 is 11.3 Å². The molecule has 0 atom stereocenters. The summed E-state index contributed by atoms with van der Waals surface area (Å²) in [6.07, 6.45) is 0. The fourth-order valence-corrected chi connectivity index (χ4v) is 2.13. The first-order chi connectivity index (χ1) is 9.15. The average molecular weight is 272 g/mol. The second kappa shape index (κ2) is 4.40. The van der Waals surface area contributed by atoms with Crippen LogP contribution >= 0.6 is 11.6 Å². The zero-order valence-corrected chi connectivity index (χ0v) is 10.6. The van der Waals surface area contributed by atoms with Crippen LogP contribution in [0.3, 0.4) is 0 Å². The van der Waals surface area contributed by atoms with Crippen LogP contribution in [0, 0.1) is 0 Å². The molecular formula is C14H10ClN3O. The van der Waals surface area contributed by atoms with Crippen LogP contribution in [0.4, 0.5) is 5.69 Å². The van der Waals surface area contributed by atoms with Gasteiger partial charge < -0.3 is 10.7 Å². The lowest BCUT2D eigenvalue weighted by Crippen LogP contribution is -2.12. The number of fused-ring (bicyclic) bond motifs is 1. The highest BCUT2D eigenvalue weighted by atomic mass is 35.5. The molecule has 0 fully saturated rings. The van der Waals surface area contributed by atoms with Gasteiger partial charge in [0.2, 0.25) is 0 Å². The summed E-state index contributed by atoms with van der Waals surface area (Å²) in [5.41, 5.74) is 8.33. The third-order valence-electron chi connectivity index (χ3n) is 2.87. The molecule has 0 amide bonds. The number of H-pyrrole nitrogens is 1. The van der Waals surface area contributed by atoms with Crippen molar-refractivity contribution in [2.75, 3.05) is 5.73 Å². The number of para-hydroxylation sites is 1. The van der Waals surface area contributed by atoms with E-state index >= 15 is 0 Å². The van der Waals surface area contributed by atoms with Crippen LogP contribution in [0.15, 0.2) is 47.3 Å². The second-order valence-corrected chi connectivity index (χ2v) is 4.60. The molecule has 0 bridgehead atoms. The SMILES string of the molecule is Nc1ccccc1-c1nc2ccc(Cl)cc2[nH]c1=O. The molecule has 0 aliphatic heterocycles. The number of nitrogens with two attached hydrogens (primary N) is 1. The van der Waals surface area contributed by atoms with Gasteiger partial charge >= 0.3 is 0 Å². The number of halogens is 1. The van der Waals surface area contributed by atoms with Gasteiger partial charge in [0.25, 0.3) is 5.56 Å². The van der Waals surface area contributed by atoms with E-state index in [0.717, 1.165) is 0 Å². The number of aromatic amines is 1. The van der Waals surface area contributed by atoms with Gasteiger partial charge in [0.05, 0.1) is 11.0 Å². The highest BCUT2D eigenvalue weighted by Crippen LogP contribution is 2.22.